The molecular formula is C12H19BrN4O. The Morgan fingerprint density at radius 3 is 3.00 bits per heavy atom. The molecule has 5 nitrogen and oxygen atoms in total. The lowest BCUT2D eigenvalue weighted by Crippen LogP contribution is -2.29. The van der Waals surface area contributed by atoms with E-state index in [9.17, 15) is 4.79 Å². The fourth-order valence-corrected chi connectivity index (χ4v) is 2.60. The summed E-state index contributed by atoms with van der Waals surface area (Å²) in [6, 6.07) is 0. The van der Waals surface area contributed by atoms with Crippen LogP contribution in [0.5, 0.6) is 0 Å². The van der Waals surface area contributed by atoms with Crippen molar-refractivity contribution in [3.8, 4) is 0 Å². The van der Waals surface area contributed by atoms with Gasteiger partial charge < -0.3 is 15.2 Å². The van der Waals surface area contributed by atoms with Crippen LogP contribution >= 0.6 is 15.9 Å². The van der Waals surface area contributed by atoms with Crippen LogP contribution in [0.1, 0.15) is 19.8 Å². The van der Waals surface area contributed by atoms with E-state index in [1.807, 2.05) is 0 Å². The van der Waals surface area contributed by atoms with Crippen LogP contribution in [0.3, 0.4) is 0 Å². The standard InChI is InChI=1S/C12H19BrN4O/c1-9(7-17-4-2-3-5-17)6-14-11-10(13)12(18)16-8-15-11/h8-9H,2-7H2,1H3,(H2,14,15,16,18). The molecule has 1 aliphatic heterocycles. The van der Waals surface area contributed by atoms with Crippen molar-refractivity contribution < 1.29 is 0 Å². The van der Waals surface area contributed by atoms with Crippen molar-refractivity contribution in [1.82, 2.24) is 14.9 Å². The predicted molar refractivity (Wildman–Crippen MR) is 75.9 cm³/mol. The number of hydrogen-bond acceptors (Lipinski definition) is 4. The van der Waals surface area contributed by atoms with E-state index in [2.05, 4.69) is 43.0 Å². The summed E-state index contributed by atoms with van der Waals surface area (Å²) < 4.78 is 0.471. The highest BCUT2D eigenvalue weighted by atomic mass is 79.9. The summed E-state index contributed by atoms with van der Waals surface area (Å²) in [5, 5.41) is 3.22. The fraction of sp³-hybridized carbons (Fsp3) is 0.667. The van der Waals surface area contributed by atoms with Gasteiger partial charge in [-0.2, -0.15) is 0 Å². The number of nitrogens with one attached hydrogen (secondary N) is 2. The van der Waals surface area contributed by atoms with Gasteiger partial charge in [-0.3, -0.25) is 4.79 Å². The second-order valence-corrected chi connectivity index (χ2v) is 5.68. The first-order valence-corrected chi connectivity index (χ1v) is 7.15. The summed E-state index contributed by atoms with van der Waals surface area (Å²) in [4.78, 5) is 20.5. The van der Waals surface area contributed by atoms with Gasteiger partial charge in [0.2, 0.25) is 0 Å². The van der Waals surface area contributed by atoms with E-state index in [1.54, 1.807) is 0 Å². The average Bonchev–Trinajstić information content (AvgIpc) is 2.84. The van der Waals surface area contributed by atoms with Gasteiger partial charge in [-0.1, -0.05) is 6.92 Å². The molecular weight excluding hydrogens is 296 g/mol. The van der Waals surface area contributed by atoms with E-state index in [0.717, 1.165) is 13.1 Å². The van der Waals surface area contributed by atoms with Crippen molar-refractivity contribution in [2.45, 2.75) is 19.8 Å². The maximum Gasteiger partial charge on any atom is 0.267 e. The Balaban J connectivity index is 1.83. The van der Waals surface area contributed by atoms with Crippen LogP contribution in [0.25, 0.3) is 0 Å². The van der Waals surface area contributed by atoms with Crippen LogP contribution in [0.4, 0.5) is 5.82 Å². The van der Waals surface area contributed by atoms with E-state index < -0.39 is 0 Å². The Hall–Kier alpha value is -0.880. The summed E-state index contributed by atoms with van der Waals surface area (Å²) in [6.07, 6.45) is 4.06. The minimum Gasteiger partial charge on any atom is -0.369 e. The molecule has 1 atom stereocenters. The SMILES string of the molecule is CC(CNc1nc[nH]c(=O)c1Br)CN1CCCC1. The zero-order valence-electron chi connectivity index (χ0n) is 10.6. The summed E-state index contributed by atoms with van der Waals surface area (Å²) >= 11 is 3.24. The third kappa shape index (κ3) is 3.55. The quantitative estimate of drug-likeness (QED) is 0.868. The van der Waals surface area contributed by atoms with Gasteiger partial charge in [-0.05, 0) is 47.8 Å². The number of rotatable bonds is 5. The van der Waals surface area contributed by atoms with Gasteiger partial charge >= 0.3 is 0 Å². The first-order chi connectivity index (χ1) is 8.66. The first-order valence-electron chi connectivity index (χ1n) is 6.36. The molecule has 2 N–H and O–H groups in total. The van der Waals surface area contributed by atoms with Crippen molar-refractivity contribution in [3.63, 3.8) is 0 Å². The molecule has 2 rings (SSSR count). The van der Waals surface area contributed by atoms with Crippen LogP contribution in [-0.4, -0.2) is 41.0 Å². The van der Waals surface area contributed by atoms with Gasteiger partial charge in [0.1, 0.15) is 10.3 Å². The second kappa shape index (κ2) is 6.33. The summed E-state index contributed by atoms with van der Waals surface area (Å²) in [6.45, 7) is 6.58. The summed E-state index contributed by atoms with van der Waals surface area (Å²) in [7, 11) is 0. The fourth-order valence-electron chi connectivity index (χ4n) is 2.25. The van der Waals surface area contributed by atoms with Crippen molar-refractivity contribution in [3.05, 3.63) is 21.2 Å². The lowest BCUT2D eigenvalue weighted by molar-refractivity contribution is 0.294. The van der Waals surface area contributed by atoms with Gasteiger partial charge in [-0.15, -0.1) is 0 Å². The largest absolute Gasteiger partial charge is 0.369 e. The van der Waals surface area contributed by atoms with E-state index in [0.29, 0.717) is 16.2 Å². The number of halogens is 1. The number of aromatic nitrogens is 2. The zero-order valence-corrected chi connectivity index (χ0v) is 12.2. The lowest BCUT2D eigenvalue weighted by Gasteiger charge is -2.20. The van der Waals surface area contributed by atoms with Crippen molar-refractivity contribution >= 4 is 21.7 Å². The van der Waals surface area contributed by atoms with E-state index in [4.69, 9.17) is 0 Å². The Morgan fingerprint density at radius 2 is 2.28 bits per heavy atom. The number of hydrogen-bond donors (Lipinski definition) is 2. The second-order valence-electron chi connectivity index (χ2n) is 4.89. The van der Waals surface area contributed by atoms with Crippen LogP contribution in [0.2, 0.25) is 0 Å². The highest BCUT2D eigenvalue weighted by Crippen LogP contribution is 2.15. The number of aromatic amines is 1. The third-order valence-corrected chi connectivity index (χ3v) is 3.92. The van der Waals surface area contributed by atoms with Gasteiger partial charge in [0, 0.05) is 13.1 Å². The molecule has 1 aromatic rings. The molecule has 0 spiro atoms. The molecule has 1 fully saturated rings. The van der Waals surface area contributed by atoms with Crippen molar-refractivity contribution in [1.29, 1.82) is 0 Å². The Kier molecular flexibility index (Phi) is 4.77. The molecule has 0 aromatic carbocycles. The molecule has 1 aliphatic rings. The maximum atomic E-state index is 11.4. The first kappa shape index (κ1) is 13.5. The molecule has 100 valence electrons. The number of likely N-dealkylation sites (tertiary alicyclic amines) is 1. The van der Waals surface area contributed by atoms with Crippen molar-refractivity contribution in [2.24, 2.45) is 5.92 Å². The zero-order chi connectivity index (χ0) is 13.0. The van der Waals surface area contributed by atoms with Crippen LogP contribution in [0, 0.1) is 5.92 Å². The third-order valence-electron chi connectivity index (χ3n) is 3.18. The highest BCUT2D eigenvalue weighted by Gasteiger charge is 2.15. The molecule has 2 heterocycles. The van der Waals surface area contributed by atoms with Crippen LogP contribution in [0.15, 0.2) is 15.6 Å². The maximum absolute atomic E-state index is 11.4. The number of anilines is 1. The number of H-pyrrole nitrogens is 1. The molecule has 6 heteroatoms. The summed E-state index contributed by atoms with van der Waals surface area (Å²) in [5.41, 5.74) is -0.153. The summed E-state index contributed by atoms with van der Waals surface area (Å²) in [5.74, 6) is 1.16. The molecule has 1 saturated heterocycles. The normalized spacial score (nSPS) is 17.9. The van der Waals surface area contributed by atoms with E-state index in [1.165, 1.54) is 32.3 Å². The van der Waals surface area contributed by atoms with Crippen LogP contribution in [-0.2, 0) is 0 Å². The smallest absolute Gasteiger partial charge is 0.267 e. The molecule has 0 saturated carbocycles. The molecule has 1 aromatic heterocycles. The molecule has 1 unspecified atom stereocenters. The molecule has 0 radical (unpaired) electrons. The lowest BCUT2D eigenvalue weighted by atomic mass is 10.1. The van der Waals surface area contributed by atoms with Crippen LogP contribution < -0.4 is 10.9 Å². The predicted octanol–water partition coefficient (Wildman–Crippen LogP) is 1.68. The number of nitrogens with zero attached hydrogens (tertiary/aromatic N) is 2. The minimum absolute atomic E-state index is 0.153. The highest BCUT2D eigenvalue weighted by molar-refractivity contribution is 9.10. The van der Waals surface area contributed by atoms with E-state index >= 15 is 0 Å². The topological polar surface area (TPSA) is 61.0 Å². The molecule has 0 bridgehead atoms. The molecule has 18 heavy (non-hydrogen) atoms. The Labute approximate surface area is 115 Å². The molecule has 0 aliphatic carbocycles. The monoisotopic (exact) mass is 314 g/mol. The van der Waals surface area contributed by atoms with E-state index in [-0.39, 0.29) is 5.56 Å². The van der Waals surface area contributed by atoms with Gasteiger partial charge in [-0.25, -0.2) is 4.98 Å². The van der Waals surface area contributed by atoms with Crippen molar-refractivity contribution in [2.75, 3.05) is 31.5 Å². The molecule has 0 amide bonds. The van der Waals surface area contributed by atoms with Gasteiger partial charge in [0.25, 0.3) is 5.56 Å². The minimum atomic E-state index is -0.153. The van der Waals surface area contributed by atoms with Gasteiger partial charge in [0.05, 0.1) is 6.33 Å². The Bertz CT molecular complexity index is 442. The average molecular weight is 315 g/mol. The van der Waals surface area contributed by atoms with Gasteiger partial charge in [0.15, 0.2) is 0 Å². The Morgan fingerprint density at radius 1 is 1.56 bits per heavy atom.